The Morgan fingerprint density at radius 2 is 2.16 bits per heavy atom. The van der Waals surface area contributed by atoms with Gasteiger partial charge in [0.1, 0.15) is 5.75 Å². The molecule has 1 aliphatic rings. The highest BCUT2D eigenvalue weighted by Crippen LogP contribution is 2.34. The summed E-state index contributed by atoms with van der Waals surface area (Å²) in [6.07, 6.45) is 3.09. The molecule has 1 aliphatic heterocycles. The second-order valence-electron chi connectivity index (χ2n) is 5.19. The molecule has 104 valence electrons. The first-order valence-corrected chi connectivity index (χ1v) is 6.91. The van der Waals surface area contributed by atoms with Crippen molar-refractivity contribution in [3.8, 4) is 5.75 Å². The minimum Gasteiger partial charge on any atom is -0.482 e. The van der Waals surface area contributed by atoms with Crippen molar-refractivity contribution in [1.29, 1.82) is 0 Å². The maximum atomic E-state index is 12.0. The monoisotopic (exact) mass is 262 g/mol. The lowest BCUT2D eigenvalue weighted by molar-refractivity contribution is -0.121. The Bertz CT molecular complexity index is 457. The van der Waals surface area contributed by atoms with Crippen LogP contribution in [0.2, 0.25) is 0 Å². The van der Waals surface area contributed by atoms with Crippen molar-refractivity contribution in [2.24, 2.45) is 5.73 Å². The van der Waals surface area contributed by atoms with Gasteiger partial charge in [-0.25, -0.2) is 0 Å². The number of hydrogen-bond acceptors (Lipinski definition) is 3. The average Bonchev–Trinajstić information content (AvgIpc) is 2.38. The van der Waals surface area contributed by atoms with Crippen molar-refractivity contribution < 1.29 is 9.53 Å². The largest absolute Gasteiger partial charge is 0.482 e. The summed E-state index contributed by atoms with van der Waals surface area (Å²) in [5.74, 6) is 0.831. The molecule has 0 aromatic heterocycles. The van der Waals surface area contributed by atoms with Crippen LogP contribution in [0.5, 0.6) is 5.75 Å². The molecule has 19 heavy (non-hydrogen) atoms. The predicted octanol–water partition coefficient (Wildman–Crippen LogP) is 2.10. The van der Waals surface area contributed by atoms with Gasteiger partial charge in [0.15, 0.2) is 6.61 Å². The van der Waals surface area contributed by atoms with Gasteiger partial charge >= 0.3 is 0 Å². The molecule has 0 spiro atoms. The fourth-order valence-corrected chi connectivity index (χ4v) is 2.41. The standard InChI is InChI=1S/C15H22N2O2/c1-11(2)17-13-9-12(5-3-4-8-16)6-7-14(13)19-10-15(17)18/h6-7,9,11H,3-5,8,10,16H2,1-2H3. The van der Waals surface area contributed by atoms with E-state index in [-0.39, 0.29) is 18.6 Å². The zero-order chi connectivity index (χ0) is 13.8. The third kappa shape index (κ3) is 3.07. The summed E-state index contributed by atoms with van der Waals surface area (Å²) in [7, 11) is 0. The van der Waals surface area contributed by atoms with E-state index in [1.165, 1.54) is 5.56 Å². The first kappa shape index (κ1) is 13.9. The number of aryl methyl sites for hydroxylation is 1. The predicted molar refractivity (Wildman–Crippen MR) is 76.6 cm³/mol. The van der Waals surface area contributed by atoms with Crippen LogP contribution in [0.4, 0.5) is 5.69 Å². The number of nitrogens with zero attached hydrogens (tertiary/aromatic N) is 1. The maximum absolute atomic E-state index is 12.0. The van der Waals surface area contributed by atoms with Crippen LogP contribution in [0.1, 0.15) is 32.3 Å². The van der Waals surface area contributed by atoms with Crippen LogP contribution in [0.25, 0.3) is 0 Å². The molecule has 1 aromatic carbocycles. The zero-order valence-electron chi connectivity index (χ0n) is 11.7. The van der Waals surface area contributed by atoms with Crippen molar-refractivity contribution >= 4 is 11.6 Å². The molecule has 0 saturated carbocycles. The molecule has 4 heteroatoms. The summed E-state index contributed by atoms with van der Waals surface area (Å²) < 4.78 is 5.49. The van der Waals surface area contributed by atoms with Gasteiger partial charge in [0, 0.05) is 6.04 Å². The van der Waals surface area contributed by atoms with Gasteiger partial charge in [-0.3, -0.25) is 4.79 Å². The molecule has 1 aromatic rings. The molecular formula is C15H22N2O2. The number of unbranched alkanes of at least 4 members (excludes halogenated alkanes) is 1. The van der Waals surface area contributed by atoms with E-state index >= 15 is 0 Å². The number of anilines is 1. The fraction of sp³-hybridized carbons (Fsp3) is 0.533. The zero-order valence-corrected chi connectivity index (χ0v) is 11.7. The number of hydrogen-bond donors (Lipinski definition) is 1. The summed E-state index contributed by atoms with van der Waals surface area (Å²) in [5.41, 5.74) is 7.64. The fourth-order valence-electron chi connectivity index (χ4n) is 2.41. The number of benzene rings is 1. The van der Waals surface area contributed by atoms with Crippen LogP contribution >= 0.6 is 0 Å². The van der Waals surface area contributed by atoms with E-state index in [1.807, 2.05) is 24.8 Å². The van der Waals surface area contributed by atoms with Gasteiger partial charge in [-0.05, 0) is 57.4 Å². The second-order valence-corrected chi connectivity index (χ2v) is 5.19. The molecule has 0 saturated heterocycles. The maximum Gasteiger partial charge on any atom is 0.265 e. The van der Waals surface area contributed by atoms with Crippen molar-refractivity contribution in [2.45, 2.75) is 39.2 Å². The molecule has 0 radical (unpaired) electrons. The van der Waals surface area contributed by atoms with Gasteiger partial charge < -0.3 is 15.4 Å². The smallest absolute Gasteiger partial charge is 0.265 e. The summed E-state index contributed by atoms with van der Waals surface area (Å²) >= 11 is 0. The Labute approximate surface area is 114 Å². The summed E-state index contributed by atoms with van der Waals surface area (Å²) in [4.78, 5) is 13.8. The van der Waals surface area contributed by atoms with E-state index in [0.717, 1.165) is 37.2 Å². The quantitative estimate of drug-likeness (QED) is 0.827. The Kier molecular flexibility index (Phi) is 4.43. The van der Waals surface area contributed by atoms with E-state index in [1.54, 1.807) is 0 Å². The van der Waals surface area contributed by atoms with Gasteiger partial charge in [0.25, 0.3) is 5.91 Å². The topological polar surface area (TPSA) is 55.6 Å². The van der Waals surface area contributed by atoms with Crippen LogP contribution in [0.3, 0.4) is 0 Å². The summed E-state index contributed by atoms with van der Waals surface area (Å²) in [5, 5.41) is 0. The highest BCUT2D eigenvalue weighted by Gasteiger charge is 2.27. The number of carbonyl (C=O) groups excluding carboxylic acids is 1. The molecular weight excluding hydrogens is 240 g/mol. The van der Waals surface area contributed by atoms with Crippen molar-refractivity contribution in [3.05, 3.63) is 23.8 Å². The Balaban J connectivity index is 2.23. The first-order valence-electron chi connectivity index (χ1n) is 6.91. The third-order valence-corrected chi connectivity index (χ3v) is 3.34. The minimum absolute atomic E-state index is 0.0293. The van der Waals surface area contributed by atoms with Gasteiger partial charge in [0.2, 0.25) is 0 Å². The highest BCUT2D eigenvalue weighted by molar-refractivity contribution is 5.98. The number of rotatable bonds is 5. The lowest BCUT2D eigenvalue weighted by atomic mass is 10.1. The molecule has 2 N–H and O–H groups in total. The van der Waals surface area contributed by atoms with Gasteiger partial charge in [-0.1, -0.05) is 6.07 Å². The molecule has 0 bridgehead atoms. The number of carbonyl (C=O) groups is 1. The summed E-state index contributed by atoms with van der Waals surface area (Å²) in [6.45, 7) is 4.91. The lowest BCUT2D eigenvalue weighted by Crippen LogP contribution is -2.43. The lowest BCUT2D eigenvalue weighted by Gasteiger charge is -2.32. The summed E-state index contributed by atoms with van der Waals surface area (Å²) in [6, 6.07) is 6.26. The Hall–Kier alpha value is -1.55. The molecule has 4 nitrogen and oxygen atoms in total. The molecule has 1 amide bonds. The van der Waals surface area contributed by atoms with Gasteiger partial charge in [-0.15, -0.1) is 0 Å². The highest BCUT2D eigenvalue weighted by atomic mass is 16.5. The van der Waals surface area contributed by atoms with Crippen molar-refractivity contribution in [1.82, 2.24) is 0 Å². The van der Waals surface area contributed by atoms with E-state index in [4.69, 9.17) is 10.5 Å². The SMILES string of the molecule is CC(C)N1C(=O)COc2ccc(CCCCN)cc21. The normalized spacial score (nSPS) is 14.5. The van der Waals surface area contributed by atoms with E-state index in [0.29, 0.717) is 0 Å². The van der Waals surface area contributed by atoms with Crippen LogP contribution in [-0.2, 0) is 11.2 Å². The van der Waals surface area contributed by atoms with Gasteiger partial charge in [-0.2, -0.15) is 0 Å². The molecule has 2 rings (SSSR count). The van der Waals surface area contributed by atoms with E-state index < -0.39 is 0 Å². The Morgan fingerprint density at radius 1 is 1.37 bits per heavy atom. The van der Waals surface area contributed by atoms with Crippen molar-refractivity contribution in [2.75, 3.05) is 18.1 Å². The molecule has 0 aliphatic carbocycles. The van der Waals surface area contributed by atoms with E-state index in [2.05, 4.69) is 12.1 Å². The second kappa shape index (κ2) is 6.06. The third-order valence-electron chi connectivity index (χ3n) is 3.34. The average molecular weight is 262 g/mol. The molecule has 0 atom stereocenters. The van der Waals surface area contributed by atoms with Gasteiger partial charge in [0.05, 0.1) is 5.69 Å². The number of amides is 1. The van der Waals surface area contributed by atoms with Crippen molar-refractivity contribution in [3.63, 3.8) is 0 Å². The van der Waals surface area contributed by atoms with E-state index in [9.17, 15) is 4.79 Å². The van der Waals surface area contributed by atoms with Crippen LogP contribution in [-0.4, -0.2) is 25.1 Å². The molecule has 0 fully saturated rings. The number of nitrogens with two attached hydrogens (primary N) is 1. The number of fused-ring (bicyclic) bond motifs is 1. The molecule has 1 heterocycles. The number of ether oxygens (including phenoxy) is 1. The van der Waals surface area contributed by atoms with Crippen LogP contribution in [0, 0.1) is 0 Å². The minimum atomic E-state index is 0.0293. The molecule has 0 unspecified atom stereocenters. The first-order chi connectivity index (χ1) is 9.13. The Morgan fingerprint density at radius 3 is 2.84 bits per heavy atom. The van der Waals surface area contributed by atoms with Crippen LogP contribution in [0.15, 0.2) is 18.2 Å². The van der Waals surface area contributed by atoms with Crippen LogP contribution < -0.4 is 15.4 Å².